The first-order valence-electron chi connectivity index (χ1n) is 9.12. The van der Waals surface area contributed by atoms with Gasteiger partial charge >= 0.3 is 6.18 Å². The number of rotatable bonds is 3. The first-order chi connectivity index (χ1) is 13.8. The van der Waals surface area contributed by atoms with E-state index in [-0.39, 0.29) is 37.3 Å². The van der Waals surface area contributed by atoms with Crippen LogP contribution in [-0.4, -0.2) is 52.6 Å². The minimum Gasteiger partial charge on any atom is -0.377 e. The summed E-state index contributed by atoms with van der Waals surface area (Å²) in [4.78, 5) is 23.5. The van der Waals surface area contributed by atoms with Crippen LogP contribution in [0.5, 0.6) is 0 Å². The maximum absolute atomic E-state index is 14.9. The molecule has 0 amide bonds. The van der Waals surface area contributed by atoms with Crippen LogP contribution >= 0.6 is 11.3 Å². The number of thiazole rings is 1. The van der Waals surface area contributed by atoms with Gasteiger partial charge in [0.1, 0.15) is 6.04 Å². The van der Waals surface area contributed by atoms with Crippen LogP contribution < -0.4 is 15.4 Å². The van der Waals surface area contributed by atoms with Gasteiger partial charge in [-0.05, 0) is 13.3 Å². The van der Waals surface area contributed by atoms with Crippen LogP contribution in [0.15, 0.2) is 15.7 Å². The lowest BCUT2D eigenvalue weighted by atomic mass is 10.1. The number of hydrogen-bond acceptors (Lipinski definition) is 7. The molecule has 2 aromatic rings. The lowest BCUT2D eigenvalue weighted by molar-refractivity contribution is -0.153. The van der Waals surface area contributed by atoms with Crippen molar-refractivity contribution in [2.24, 2.45) is 0 Å². The van der Waals surface area contributed by atoms with E-state index >= 15 is 0 Å². The molecule has 0 N–H and O–H groups in total. The van der Waals surface area contributed by atoms with Gasteiger partial charge in [0, 0.05) is 18.5 Å². The summed E-state index contributed by atoms with van der Waals surface area (Å²) in [6.45, 7) is 2.27. The molecule has 2 atom stereocenters. The van der Waals surface area contributed by atoms with Crippen molar-refractivity contribution in [1.29, 1.82) is 0 Å². The summed E-state index contributed by atoms with van der Waals surface area (Å²) in [6.07, 6.45) is -4.89. The normalized spacial score (nSPS) is 22.7. The Bertz CT molecular complexity index is 933. The van der Waals surface area contributed by atoms with Crippen molar-refractivity contribution in [3.8, 4) is 0 Å². The van der Waals surface area contributed by atoms with E-state index in [1.165, 1.54) is 16.8 Å². The lowest BCUT2D eigenvalue weighted by Crippen LogP contribution is -2.53. The van der Waals surface area contributed by atoms with E-state index in [2.05, 4.69) is 9.97 Å². The molecule has 2 aromatic heterocycles. The monoisotopic (exact) mass is 433 g/mol. The number of halogens is 4. The van der Waals surface area contributed by atoms with Gasteiger partial charge in [0.05, 0.1) is 37.0 Å². The zero-order valence-electron chi connectivity index (χ0n) is 15.5. The van der Waals surface area contributed by atoms with Crippen molar-refractivity contribution in [2.45, 2.75) is 44.7 Å². The average molecular weight is 433 g/mol. The average Bonchev–Trinajstić information content (AvgIpc) is 3.18. The van der Waals surface area contributed by atoms with Gasteiger partial charge in [0.2, 0.25) is 11.8 Å². The predicted octanol–water partition coefficient (Wildman–Crippen LogP) is 2.41. The van der Waals surface area contributed by atoms with Crippen molar-refractivity contribution < 1.29 is 22.3 Å². The van der Waals surface area contributed by atoms with Gasteiger partial charge in [0.25, 0.3) is 5.56 Å². The Labute approximate surface area is 167 Å². The lowest BCUT2D eigenvalue weighted by Gasteiger charge is -2.40. The molecule has 0 unspecified atom stereocenters. The maximum Gasteiger partial charge on any atom is 0.408 e. The highest BCUT2D eigenvalue weighted by atomic mass is 32.1. The Hall–Kier alpha value is -2.21. The first kappa shape index (κ1) is 20.1. The first-order valence-corrected chi connectivity index (χ1v) is 10.1. The van der Waals surface area contributed by atoms with Gasteiger partial charge in [-0.2, -0.15) is 22.5 Å². The molecular weight excluding hydrogens is 414 g/mol. The minimum atomic E-state index is -4.53. The summed E-state index contributed by atoms with van der Waals surface area (Å²) < 4.78 is 62.4. The van der Waals surface area contributed by atoms with E-state index in [1.54, 1.807) is 17.2 Å². The molecule has 1 saturated heterocycles. The molecule has 12 heteroatoms. The fraction of sp³-hybridized carbons (Fsp3) is 0.588. The highest BCUT2D eigenvalue weighted by Crippen LogP contribution is 2.36. The van der Waals surface area contributed by atoms with Crippen molar-refractivity contribution in [1.82, 2.24) is 14.5 Å². The van der Waals surface area contributed by atoms with Gasteiger partial charge in [-0.1, -0.05) is 0 Å². The molecule has 0 bridgehead atoms. The molecule has 158 valence electrons. The number of morpholine rings is 1. The highest BCUT2D eigenvalue weighted by Gasteiger charge is 2.47. The maximum atomic E-state index is 14.9. The molecule has 0 aliphatic carbocycles. The number of alkyl halides is 3. The number of ether oxygens (including phenoxy) is 1. The van der Waals surface area contributed by atoms with Crippen LogP contribution in [-0.2, 0) is 17.8 Å². The van der Waals surface area contributed by atoms with Crippen molar-refractivity contribution in [3.05, 3.63) is 32.8 Å². The van der Waals surface area contributed by atoms with Crippen molar-refractivity contribution in [2.75, 3.05) is 29.6 Å². The second-order valence-electron chi connectivity index (χ2n) is 7.08. The molecule has 7 nitrogen and oxygen atoms in total. The summed E-state index contributed by atoms with van der Waals surface area (Å²) in [6, 6.07) is -2.10. The molecule has 2 aliphatic rings. The van der Waals surface area contributed by atoms with Gasteiger partial charge < -0.3 is 14.5 Å². The van der Waals surface area contributed by atoms with Crippen LogP contribution in [0.1, 0.15) is 19.0 Å². The number of fused-ring (bicyclic) bond motifs is 1. The summed E-state index contributed by atoms with van der Waals surface area (Å²) in [7, 11) is 0. The molecule has 1 fully saturated rings. The molecule has 2 aliphatic heterocycles. The fourth-order valence-electron chi connectivity index (χ4n) is 3.72. The Morgan fingerprint density at radius 2 is 2.14 bits per heavy atom. The minimum absolute atomic E-state index is 0.177. The van der Waals surface area contributed by atoms with E-state index in [0.717, 1.165) is 9.47 Å². The Balaban J connectivity index is 1.83. The molecule has 29 heavy (non-hydrogen) atoms. The third-order valence-electron chi connectivity index (χ3n) is 5.17. The fourth-order valence-corrected chi connectivity index (χ4v) is 4.27. The third kappa shape index (κ3) is 3.70. The van der Waals surface area contributed by atoms with Crippen LogP contribution in [0.25, 0.3) is 0 Å². The summed E-state index contributed by atoms with van der Waals surface area (Å²) in [5.74, 6) is -1.48. The Morgan fingerprint density at radius 1 is 1.34 bits per heavy atom. The van der Waals surface area contributed by atoms with Gasteiger partial charge in [-0.25, -0.2) is 4.98 Å². The summed E-state index contributed by atoms with van der Waals surface area (Å²) >= 11 is 1.26. The molecule has 0 aromatic carbocycles. The predicted molar refractivity (Wildman–Crippen MR) is 98.8 cm³/mol. The largest absolute Gasteiger partial charge is 0.408 e. The number of hydrogen-bond donors (Lipinski definition) is 0. The molecule has 4 rings (SSSR count). The highest BCUT2D eigenvalue weighted by molar-refractivity contribution is 7.07. The second-order valence-corrected chi connectivity index (χ2v) is 7.80. The quantitative estimate of drug-likeness (QED) is 0.693. The van der Waals surface area contributed by atoms with E-state index < -0.39 is 23.6 Å². The third-order valence-corrected chi connectivity index (χ3v) is 5.80. The van der Waals surface area contributed by atoms with E-state index in [1.807, 2.05) is 0 Å². The molecule has 0 radical (unpaired) electrons. The summed E-state index contributed by atoms with van der Waals surface area (Å²) in [5, 5.41) is 1.64. The standard InChI is InChI=1S/C17H19F4N5O2S/c1-10-7-28-5-4-24(10)14-13(18)15(27)25-3-2-12(17(19,20)21)26(16(25)23-14)6-11-8-29-9-22-11/h8-10,12H,2-7H2,1H3/t10-,12+/m1/s1. The topological polar surface area (TPSA) is 63.5 Å². The van der Waals surface area contributed by atoms with Gasteiger partial charge in [-0.3, -0.25) is 9.36 Å². The molecule has 0 saturated carbocycles. The Morgan fingerprint density at radius 3 is 2.79 bits per heavy atom. The van der Waals surface area contributed by atoms with Crippen LogP contribution in [0.4, 0.5) is 29.3 Å². The Kier molecular flexibility index (Phi) is 5.23. The van der Waals surface area contributed by atoms with Crippen molar-refractivity contribution in [3.63, 3.8) is 0 Å². The number of nitrogens with zero attached hydrogens (tertiary/aromatic N) is 5. The number of aromatic nitrogens is 3. The van der Waals surface area contributed by atoms with Crippen molar-refractivity contribution >= 4 is 23.1 Å². The molecular formula is C17H19F4N5O2S. The molecule has 0 spiro atoms. The smallest absolute Gasteiger partial charge is 0.377 e. The summed E-state index contributed by atoms with van der Waals surface area (Å²) in [5.41, 5.74) is 0.985. The SMILES string of the molecule is C[C@@H]1COCCN1c1nc2n(c(=O)c1F)CC[C@@H](C(F)(F)F)N2Cc1cscn1. The zero-order chi connectivity index (χ0) is 20.8. The van der Waals surface area contributed by atoms with Crippen LogP contribution in [0, 0.1) is 5.82 Å². The van der Waals surface area contributed by atoms with E-state index in [4.69, 9.17) is 4.74 Å². The van der Waals surface area contributed by atoms with Gasteiger partial charge in [0.15, 0.2) is 5.82 Å². The van der Waals surface area contributed by atoms with Crippen LogP contribution in [0.3, 0.4) is 0 Å². The van der Waals surface area contributed by atoms with E-state index in [0.29, 0.717) is 25.5 Å². The molecule has 4 heterocycles. The van der Waals surface area contributed by atoms with E-state index in [9.17, 15) is 22.4 Å². The number of anilines is 2. The van der Waals surface area contributed by atoms with Gasteiger partial charge in [-0.15, -0.1) is 11.3 Å². The zero-order valence-corrected chi connectivity index (χ0v) is 16.3. The van der Waals surface area contributed by atoms with Crippen LogP contribution in [0.2, 0.25) is 0 Å². The second kappa shape index (κ2) is 7.56.